The maximum atomic E-state index is 13.8. The molecular weight excluding hydrogens is 304 g/mol. The van der Waals surface area contributed by atoms with Crippen LogP contribution in [0.3, 0.4) is 0 Å². The minimum Gasteiger partial charge on any atom is -0.478 e. The average molecular weight is 315 g/mol. The minimum absolute atomic E-state index is 0.0451. The molecule has 1 aromatic carbocycles. The molecule has 1 aromatic rings. The van der Waals surface area contributed by atoms with Gasteiger partial charge in [0.05, 0.1) is 11.3 Å². The molecule has 1 fully saturated rings. The lowest BCUT2D eigenvalue weighted by atomic mass is 10.1. The molecule has 1 aliphatic heterocycles. The standard InChI is InChI=1S/C13H11F2NO4S/c1-6(17)21-7-2-12(18)16(5-7)11-3-8(13(19)20)9(14)4-10(11)15/h3-4,7H,2,5H2,1H3,(H,19,20). The maximum absolute atomic E-state index is 13.8. The Balaban J connectivity index is 2.34. The molecule has 0 aromatic heterocycles. The summed E-state index contributed by atoms with van der Waals surface area (Å²) >= 11 is 0.969. The third-order valence-electron chi connectivity index (χ3n) is 2.98. The Morgan fingerprint density at radius 1 is 1.33 bits per heavy atom. The van der Waals surface area contributed by atoms with Crippen molar-refractivity contribution in [1.82, 2.24) is 0 Å². The van der Waals surface area contributed by atoms with Gasteiger partial charge in [0.1, 0.15) is 11.6 Å². The zero-order chi connectivity index (χ0) is 15.7. The first kappa shape index (κ1) is 15.4. The summed E-state index contributed by atoms with van der Waals surface area (Å²) in [5.74, 6) is -4.20. The Hall–Kier alpha value is -1.96. The van der Waals surface area contributed by atoms with Crippen molar-refractivity contribution < 1.29 is 28.3 Å². The molecule has 8 heteroatoms. The second-order valence-electron chi connectivity index (χ2n) is 4.53. The SMILES string of the molecule is CC(=O)SC1CC(=O)N(c2cc(C(=O)O)c(F)cc2F)C1. The number of benzene rings is 1. The number of amides is 1. The summed E-state index contributed by atoms with van der Waals surface area (Å²) in [6.45, 7) is 1.43. The number of rotatable bonds is 3. The van der Waals surface area contributed by atoms with E-state index in [-0.39, 0.29) is 29.0 Å². The number of anilines is 1. The summed E-state index contributed by atoms with van der Waals surface area (Å²) in [5, 5.41) is 8.35. The van der Waals surface area contributed by atoms with E-state index in [0.717, 1.165) is 22.7 Å². The highest BCUT2D eigenvalue weighted by molar-refractivity contribution is 8.14. The molecule has 0 radical (unpaired) electrons. The minimum atomic E-state index is -1.55. The molecule has 0 spiro atoms. The van der Waals surface area contributed by atoms with Crippen molar-refractivity contribution in [3.63, 3.8) is 0 Å². The first-order valence-corrected chi connectivity index (χ1v) is 6.87. The van der Waals surface area contributed by atoms with Crippen LogP contribution in [-0.2, 0) is 9.59 Å². The first-order chi connectivity index (χ1) is 9.79. The first-order valence-electron chi connectivity index (χ1n) is 5.99. The van der Waals surface area contributed by atoms with Gasteiger partial charge in [-0.05, 0) is 6.07 Å². The molecule has 0 aliphatic carbocycles. The van der Waals surface area contributed by atoms with Crippen molar-refractivity contribution in [1.29, 1.82) is 0 Å². The molecule has 1 N–H and O–H groups in total. The molecule has 2 rings (SSSR count). The van der Waals surface area contributed by atoms with E-state index in [1.165, 1.54) is 6.92 Å². The van der Waals surface area contributed by atoms with E-state index in [9.17, 15) is 23.2 Å². The van der Waals surface area contributed by atoms with Crippen molar-refractivity contribution >= 4 is 34.4 Å². The van der Waals surface area contributed by atoms with Gasteiger partial charge in [-0.2, -0.15) is 0 Å². The number of hydrogen-bond donors (Lipinski definition) is 1. The van der Waals surface area contributed by atoms with E-state index in [4.69, 9.17) is 5.11 Å². The second kappa shape index (κ2) is 5.80. The zero-order valence-corrected chi connectivity index (χ0v) is 11.7. The van der Waals surface area contributed by atoms with Gasteiger partial charge < -0.3 is 10.0 Å². The number of halogens is 2. The number of aromatic carboxylic acids is 1. The van der Waals surface area contributed by atoms with Crippen LogP contribution in [0.4, 0.5) is 14.5 Å². The fourth-order valence-corrected chi connectivity index (χ4v) is 3.05. The lowest BCUT2D eigenvalue weighted by Gasteiger charge is -2.18. The normalized spacial score (nSPS) is 18.1. The Labute approximate surface area is 122 Å². The van der Waals surface area contributed by atoms with Gasteiger partial charge in [-0.1, -0.05) is 11.8 Å². The van der Waals surface area contributed by atoms with E-state index in [0.29, 0.717) is 6.07 Å². The van der Waals surface area contributed by atoms with Crippen molar-refractivity contribution in [3.05, 3.63) is 29.3 Å². The maximum Gasteiger partial charge on any atom is 0.338 e. The van der Waals surface area contributed by atoms with Gasteiger partial charge in [0, 0.05) is 31.2 Å². The van der Waals surface area contributed by atoms with Gasteiger partial charge in [0.2, 0.25) is 5.91 Å². The molecule has 1 heterocycles. The number of thioether (sulfide) groups is 1. The molecule has 21 heavy (non-hydrogen) atoms. The Morgan fingerprint density at radius 3 is 2.57 bits per heavy atom. The summed E-state index contributed by atoms with van der Waals surface area (Å²) in [7, 11) is 0. The molecule has 0 saturated carbocycles. The molecule has 5 nitrogen and oxygen atoms in total. The van der Waals surface area contributed by atoms with E-state index in [2.05, 4.69) is 0 Å². The number of carboxylic acids is 1. The molecule has 1 aliphatic rings. The van der Waals surface area contributed by atoms with E-state index >= 15 is 0 Å². The molecule has 112 valence electrons. The second-order valence-corrected chi connectivity index (χ2v) is 6.01. The third-order valence-corrected chi connectivity index (χ3v) is 3.96. The number of carbonyl (C=O) groups is 3. The summed E-state index contributed by atoms with van der Waals surface area (Å²) in [5.41, 5.74) is -0.993. The van der Waals surface area contributed by atoms with Crippen LogP contribution in [0.2, 0.25) is 0 Å². The number of hydrogen-bond acceptors (Lipinski definition) is 4. The quantitative estimate of drug-likeness (QED) is 0.924. The van der Waals surface area contributed by atoms with Crippen molar-refractivity contribution in [3.8, 4) is 0 Å². The number of nitrogens with zero attached hydrogens (tertiary/aromatic N) is 1. The highest BCUT2D eigenvalue weighted by Gasteiger charge is 2.34. The van der Waals surface area contributed by atoms with Crippen LogP contribution in [0.15, 0.2) is 12.1 Å². The van der Waals surface area contributed by atoms with Gasteiger partial charge >= 0.3 is 5.97 Å². The Kier molecular flexibility index (Phi) is 4.26. The van der Waals surface area contributed by atoms with E-state index in [1.807, 2.05) is 0 Å². The number of carboxylic acid groups (broad SMARTS) is 1. The molecule has 0 bridgehead atoms. The Bertz CT molecular complexity index is 635. The smallest absolute Gasteiger partial charge is 0.338 e. The summed E-state index contributed by atoms with van der Waals surface area (Å²) in [6, 6.07) is 1.24. The lowest BCUT2D eigenvalue weighted by Crippen LogP contribution is -2.26. The van der Waals surface area contributed by atoms with Crippen LogP contribution in [0, 0.1) is 11.6 Å². The van der Waals surface area contributed by atoms with Gasteiger partial charge in [-0.3, -0.25) is 9.59 Å². The van der Waals surface area contributed by atoms with Crippen LogP contribution < -0.4 is 4.90 Å². The van der Waals surface area contributed by atoms with Gasteiger partial charge in [0.25, 0.3) is 0 Å². The van der Waals surface area contributed by atoms with Crippen LogP contribution in [0.5, 0.6) is 0 Å². The van der Waals surface area contributed by atoms with E-state index in [1.54, 1.807) is 0 Å². The van der Waals surface area contributed by atoms with Crippen LogP contribution >= 0.6 is 11.8 Å². The summed E-state index contributed by atoms with van der Waals surface area (Å²) in [6.07, 6.45) is 0.0451. The van der Waals surface area contributed by atoms with Crippen molar-refractivity contribution in [2.24, 2.45) is 0 Å². The van der Waals surface area contributed by atoms with Crippen molar-refractivity contribution in [2.75, 3.05) is 11.4 Å². The molecular formula is C13H11F2NO4S. The molecule has 1 unspecified atom stereocenters. The average Bonchev–Trinajstić information content (AvgIpc) is 2.68. The number of carbonyl (C=O) groups excluding carboxylic acids is 2. The predicted octanol–water partition coefficient (Wildman–Crippen LogP) is 2.05. The topological polar surface area (TPSA) is 74.7 Å². The molecule has 1 amide bonds. The fraction of sp³-hybridized carbons (Fsp3) is 0.308. The van der Waals surface area contributed by atoms with Crippen LogP contribution in [-0.4, -0.2) is 33.9 Å². The van der Waals surface area contributed by atoms with Crippen molar-refractivity contribution in [2.45, 2.75) is 18.6 Å². The summed E-state index contributed by atoms with van der Waals surface area (Å²) < 4.78 is 27.1. The highest BCUT2D eigenvalue weighted by atomic mass is 32.2. The lowest BCUT2D eigenvalue weighted by molar-refractivity contribution is -0.117. The third kappa shape index (κ3) is 3.21. The fourth-order valence-electron chi connectivity index (χ4n) is 2.13. The zero-order valence-electron chi connectivity index (χ0n) is 10.9. The Morgan fingerprint density at radius 2 is 2.00 bits per heavy atom. The van der Waals surface area contributed by atoms with Crippen LogP contribution in [0.1, 0.15) is 23.7 Å². The summed E-state index contributed by atoms with van der Waals surface area (Å²) in [4.78, 5) is 34.8. The van der Waals surface area contributed by atoms with Gasteiger partial charge in [0.15, 0.2) is 5.12 Å². The van der Waals surface area contributed by atoms with E-state index < -0.39 is 29.1 Å². The predicted molar refractivity (Wildman–Crippen MR) is 72.3 cm³/mol. The monoisotopic (exact) mass is 315 g/mol. The van der Waals surface area contributed by atoms with Gasteiger partial charge in [-0.25, -0.2) is 13.6 Å². The molecule has 1 saturated heterocycles. The highest BCUT2D eigenvalue weighted by Crippen LogP contribution is 2.31. The van der Waals surface area contributed by atoms with Gasteiger partial charge in [-0.15, -0.1) is 0 Å². The largest absolute Gasteiger partial charge is 0.478 e. The molecule has 1 atom stereocenters. The van der Waals surface area contributed by atoms with Crippen LogP contribution in [0.25, 0.3) is 0 Å².